The van der Waals surface area contributed by atoms with Crippen LogP contribution in [0.15, 0.2) is 18.2 Å². The number of hydrogen-bond donors (Lipinski definition) is 1. The third-order valence-electron chi connectivity index (χ3n) is 3.99. The normalized spacial score (nSPS) is 16.5. The lowest BCUT2D eigenvalue weighted by atomic mass is 10.1. The molecule has 0 atom stereocenters. The Morgan fingerprint density at radius 1 is 1.41 bits per heavy atom. The van der Waals surface area contributed by atoms with Crippen LogP contribution < -0.4 is 5.32 Å². The van der Waals surface area contributed by atoms with Crippen molar-refractivity contribution in [3.63, 3.8) is 0 Å². The SMILES string of the molecule is CCCCNc1ccc(C(=O)OC2CCN(C)CC2)c(Cl)c1. The summed E-state index contributed by atoms with van der Waals surface area (Å²) >= 11 is 6.23. The third kappa shape index (κ3) is 4.89. The number of nitrogens with one attached hydrogen (secondary N) is 1. The Hall–Kier alpha value is -1.26. The van der Waals surface area contributed by atoms with Gasteiger partial charge in [-0.15, -0.1) is 0 Å². The van der Waals surface area contributed by atoms with E-state index in [2.05, 4.69) is 24.2 Å². The molecular weight excluding hydrogens is 300 g/mol. The smallest absolute Gasteiger partial charge is 0.339 e. The zero-order valence-corrected chi connectivity index (χ0v) is 14.2. The van der Waals surface area contributed by atoms with Crippen molar-refractivity contribution in [1.29, 1.82) is 0 Å². The molecule has 1 aromatic rings. The summed E-state index contributed by atoms with van der Waals surface area (Å²) < 4.78 is 5.57. The molecule has 0 aromatic heterocycles. The number of benzene rings is 1. The minimum atomic E-state index is -0.320. The molecule has 1 aliphatic heterocycles. The van der Waals surface area contributed by atoms with Gasteiger partial charge in [-0.25, -0.2) is 4.79 Å². The molecule has 4 nitrogen and oxygen atoms in total. The predicted molar refractivity (Wildman–Crippen MR) is 90.8 cm³/mol. The average Bonchev–Trinajstić information content (AvgIpc) is 2.50. The van der Waals surface area contributed by atoms with Crippen LogP contribution in [0.1, 0.15) is 43.0 Å². The van der Waals surface area contributed by atoms with Crippen molar-refractivity contribution in [2.75, 3.05) is 32.0 Å². The standard InChI is InChI=1S/C17H25ClN2O2/c1-3-4-9-19-13-5-6-15(16(18)12-13)17(21)22-14-7-10-20(2)11-8-14/h5-6,12,14,19H,3-4,7-11H2,1-2H3. The van der Waals surface area contributed by atoms with Crippen LogP contribution in [0.4, 0.5) is 5.69 Å². The van der Waals surface area contributed by atoms with Crippen molar-refractivity contribution >= 4 is 23.3 Å². The molecule has 0 amide bonds. The Balaban J connectivity index is 1.92. The van der Waals surface area contributed by atoms with Gasteiger partial charge in [0, 0.05) is 25.3 Å². The molecule has 2 rings (SSSR count). The molecule has 0 unspecified atom stereocenters. The monoisotopic (exact) mass is 324 g/mol. The lowest BCUT2D eigenvalue weighted by Gasteiger charge is -2.28. The molecule has 1 saturated heterocycles. The van der Waals surface area contributed by atoms with Crippen molar-refractivity contribution in [2.45, 2.75) is 38.7 Å². The van der Waals surface area contributed by atoms with Crippen molar-refractivity contribution < 1.29 is 9.53 Å². The topological polar surface area (TPSA) is 41.6 Å². The largest absolute Gasteiger partial charge is 0.459 e. The summed E-state index contributed by atoms with van der Waals surface area (Å²) in [5.41, 5.74) is 1.39. The van der Waals surface area contributed by atoms with Gasteiger partial charge < -0.3 is 15.0 Å². The van der Waals surface area contributed by atoms with Gasteiger partial charge in [-0.2, -0.15) is 0 Å². The van der Waals surface area contributed by atoms with Crippen LogP contribution in [-0.4, -0.2) is 43.7 Å². The number of anilines is 1. The molecule has 0 radical (unpaired) electrons. The van der Waals surface area contributed by atoms with Crippen LogP contribution in [-0.2, 0) is 4.74 Å². The maximum Gasteiger partial charge on any atom is 0.339 e. The second-order valence-electron chi connectivity index (χ2n) is 5.88. The summed E-state index contributed by atoms with van der Waals surface area (Å²) in [6.07, 6.45) is 4.02. The number of halogens is 1. The maximum absolute atomic E-state index is 12.2. The lowest BCUT2D eigenvalue weighted by Crippen LogP contribution is -2.35. The Morgan fingerprint density at radius 3 is 2.77 bits per heavy atom. The van der Waals surface area contributed by atoms with Crippen molar-refractivity contribution in [3.05, 3.63) is 28.8 Å². The van der Waals surface area contributed by atoms with Gasteiger partial charge in [-0.3, -0.25) is 0 Å². The maximum atomic E-state index is 12.2. The molecule has 0 saturated carbocycles. The van der Waals surface area contributed by atoms with Crippen LogP contribution in [0.25, 0.3) is 0 Å². The Labute approximate surface area is 137 Å². The van der Waals surface area contributed by atoms with Crippen molar-refractivity contribution in [3.8, 4) is 0 Å². The predicted octanol–water partition coefficient (Wildman–Crippen LogP) is 3.80. The third-order valence-corrected chi connectivity index (χ3v) is 4.30. The number of carbonyl (C=O) groups excluding carboxylic acids is 1. The second-order valence-corrected chi connectivity index (χ2v) is 6.29. The van der Waals surface area contributed by atoms with Crippen molar-refractivity contribution in [2.24, 2.45) is 0 Å². The number of ether oxygens (including phenoxy) is 1. The highest BCUT2D eigenvalue weighted by molar-refractivity contribution is 6.33. The summed E-state index contributed by atoms with van der Waals surface area (Å²) in [6, 6.07) is 5.42. The van der Waals surface area contributed by atoms with E-state index < -0.39 is 0 Å². The van der Waals surface area contributed by atoms with E-state index in [-0.39, 0.29) is 12.1 Å². The molecule has 1 heterocycles. The summed E-state index contributed by atoms with van der Waals surface area (Å²) in [4.78, 5) is 14.5. The molecule has 1 N–H and O–H groups in total. The van der Waals surface area contributed by atoms with Gasteiger partial charge in [-0.1, -0.05) is 24.9 Å². The van der Waals surface area contributed by atoms with E-state index in [1.165, 1.54) is 0 Å². The highest BCUT2D eigenvalue weighted by Crippen LogP contribution is 2.23. The zero-order chi connectivity index (χ0) is 15.9. The Bertz CT molecular complexity index is 499. The van der Waals surface area contributed by atoms with E-state index in [1.807, 2.05) is 6.07 Å². The van der Waals surface area contributed by atoms with Crippen LogP contribution in [0.2, 0.25) is 5.02 Å². The number of rotatable bonds is 6. The first-order valence-electron chi connectivity index (χ1n) is 8.03. The molecule has 0 spiro atoms. The number of hydrogen-bond acceptors (Lipinski definition) is 4. The first-order chi connectivity index (χ1) is 10.6. The minimum absolute atomic E-state index is 0.00197. The summed E-state index contributed by atoms with van der Waals surface area (Å²) in [5.74, 6) is -0.320. The molecule has 122 valence electrons. The molecule has 0 aliphatic carbocycles. The Kier molecular flexibility index (Phi) is 6.52. The minimum Gasteiger partial charge on any atom is -0.459 e. The van der Waals surface area contributed by atoms with Gasteiger partial charge in [0.2, 0.25) is 0 Å². The number of nitrogens with zero attached hydrogens (tertiary/aromatic N) is 1. The zero-order valence-electron chi connectivity index (χ0n) is 13.4. The first kappa shape index (κ1) is 17.1. The molecule has 0 bridgehead atoms. The Morgan fingerprint density at radius 2 is 2.14 bits per heavy atom. The second kappa shape index (κ2) is 8.39. The summed E-state index contributed by atoms with van der Waals surface area (Å²) in [5, 5.41) is 3.74. The van der Waals surface area contributed by atoms with E-state index in [9.17, 15) is 4.79 Å². The molecule has 1 aromatic carbocycles. The number of unbranched alkanes of at least 4 members (excludes halogenated alkanes) is 1. The van der Waals surface area contributed by atoms with Gasteiger partial charge in [0.25, 0.3) is 0 Å². The number of likely N-dealkylation sites (tertiary alicyclic amines) is 1. The quantitative estimate of drug-likeness (QED) is 0.638. The average molecular weight is 325 g/mol. The van der Waals surface area contributed by atoms with Crippen molar-refractivity contribution in [1.82, 2.24) is 4.90 Å². The van der Waals surface area contributed by atoms with Crippen LogP contribution >= 0.6 is 11.6 Å². The van der Waals surface area contributed by atoms with E-state index >= 15 is 0 Å². The van der Waals surface area contributed by atoms with Crippen LogP contribution in [0.3, 0.4) is 0 Å². The molecular formula is C17H25ClN2O2. The molecule has 1 fully saturated rings. The van der Waals surface area contributed by atoms with Gasteiger partial charge in [0.1, 0.15) is 6.10 Å². The highest BCUT2D eigenvalue weighted by Gasteiger charge is 2.22. The number of carbonyl (C=O) groups is 1. The summed E-state index contributed by atoms with van der Waals surface area (Å²) in [7, 11) is 2.08. The fraction of sp³-hybridized carbons (Fsp3) is 0.588. The van der Waals surface area contributed by atoms with Gasteiger partial charge in [0.15, 0.2) is 0 Å². The van der Waals surface area contributed by atoms with Gasteiger partial charge >= 0.3 is 5.97 Å². The van der Waals surface area contributed by atoms with Gasteiger partial charge in [-0.05, 0) is 44.5 Å². The highest BCUT2D eigenvalue weighted by atomic mass is 35.5. The fourth-order valence-corrected chi connectivity index (χ4v) is 2.78. The van der Waals surface area contributed by atoms with Gasteiger partial charge in [0.05, 0.1) is 10.6 Å². The van der Waals surface area contributed by atoms with E-state index in [1.54, 1.807) is 12.1 Å². The van der Waals surface area contributed by atoms with E-state index in [4.69, 9.17) is 16.3 Å². The fourth-order valence-electron chi connectivity index (χ4n) is 2.52. The molecule has 22 heavy (non-hydrogen) atoms. The van der Waals surface area contributed by atoms with E-state index in [0.717, 1.165) is 51.0 Å². The molecule has 1 aliphatic rings. The van der Waals surface area contributed by atoms with Crippen LogP contribution in [0, 0.1) is 0 Å². The molecule has 5 heteroatoms. The number of esters is 1. The van der Waals surface area contributed by atoms with Crippen LogP contribution in [0.5, 0.6) is 0 Å². The first-order valence-corrected chi connectivity index (χ1v) is 8.41. The number of piperidine rings is 1. The lowest BCUT2D eigenvalue weighted by molar-refractivity contribution is 0.0139. The van der Waals surface area contributed by atoms with E-state index in [0.29, 0.717) is 10.6 Å². The summed E-state index contributed by atoms with van der Waals surface area (Å²) in [6.45, 7) is 4.99.